The lowest BCUT2D eigenvalue weighted by atomic mass is 10.1. The van der Waals surface area contributed by atoms with Gasteiger partial charge in [-0.2, -0.15) is 0 Å². The molecule has 0 amide bonds. The first kappa shape index (κ1) is 17.9. The van der Waals surface area contributed by atoms with Crippen molar-refractivity contribution in [1.29, 1.82) is 0 Å². The SMILES string of the molecule is Cc1cn([C@H]2C[C@H](NCc3ccc(Cl)cc3)[C@@H](CO)O2)c(=O)[nH]c1=O. The second kappa shape index (κ2) is 7.53. The van der Waals surface area contributed by atoms with Gasteiger partial charge in [0.15, 0.2) is 0 Å². The van der Waals surface area contributed by atoms with Crippen molar-refractivity contribution in [2.45, 2.75) is 38.3 Å². The molecule has 3 atom stereocenters. The van der Waals surface area contributed by atoms with Crippen molar-refractivity contribution in [2.75, 3.05) is 6.61 Å². The number of benzene rings is 1. The monoisotopic (exact) mass is 365 g/mol. The average molecular weight is 366 g/mol. The topological polar surface area (TPSA) is 96.3 Å². The van der Waals surface area contributed by atoms with Gasteiger partial charge in [-0.05, 0) is 24.6 Å². The first-order valence-electron chi connectivity index (χ1n) is 8.04. The molecule has 1 aromatic carbocycles. The van der Waals surface area contributed by atoms with Gasteiger partial charge < -0.3 is 15.2 Å². The van der Waals surface area contributed by atoms with Gasteiger partial charge >= 0.3 is 5.69 Å². The molecule has 2 aromatic rings. The maximum atomic E-state index is 12.0. The van der Waals surface area contributed by atoms with Crippen molar-refractivity contribution in [3.8, 4) is 0 Å². The lowest BCUT2D eigenvalue weighted by Crippen LogP contribution is -2.37. The Bertz CT molecular complexity index is 846. The zero-order chi connectivity index (χ0) is 18.0. The van der Waals surface area contributed by atoms with Gasteiger partial charge in [0.2, 0.25) is 0 Å². The van der Waals surface area contributed by atoms with E-state index in [0.29, 0.717) is 23.6 Å². The molecule has 0 saturated carbocycles. The lowest BCUT2D eigenvalue weighted by Gasteiger charge is -2.17. The van der Waals surface area contributed by atoms with Crippen LogP contribution in [0.4, 0.5) is 0 Å². The van der Waals surface area contributed by atoms with Crippen LogP contribution in [-0.4, -0.2) is 33.4 Å². The van der Waals surface area contributed by atoms with E-state index in [-0.39, 0.29) is 12.6 Å². The van der Waals surface area contributed by atoms with Crippen molar-refractivity contribution in [3.05, 3.63) is 67.4 Å². The fourth-order valence-corrected chi connectivity index (χ4v) is 3.06. The molecular formula is C17H20ClN3O4. The third-order valence-electron chi connectivity index (χ3n) is 4.35. The summed E-state index contributed by atoms with van der Waals surface area (Å²) in [7, 11) is 0. The number of aliphatic hydroxyl groups is 1. The molecule has 1 aliphatic heterocycles. The molecule has 0 radical (unpaired) electrons. The predicted molar refractivity (Wildman–Crippen MR) is 93.8 cm³/mol. The number of ether oxygens (including phenoxy) is 1. The van der Waals surface area contributed by atoms with E-state index in [2.05, 4.69) is 10.3 Å². The summed E-state index contributed by atoms with van der Waals surface area (Å²) < 4.78 is 7.16. The first-order chi connectivity index (χ1) is 12.0. The van der Waals surface area contributed by atoms with Crippen LogP contribution in [0.25, 0.3) is 0 Å². The second-order valence-electron chi connectivity index (χ2n) is 6.14. The molecule has 2 heterocycles. The van der Waals surface area contributed by atoms with E-state index in [4.69, 9.17) is 16.3 Å². The molecule has 3 N–H and O–H groups in total. The van der Waals surface area contributed by atoms with Crippen molar-refractivity contribution < 1.29 is 9.84 Å². The molecule has 25 heavy (non-hydrogen) atoms. The zero-order valence-electron chi connectivity index (χ0n) is 13.7. The van der Waals surface area contributed by atoms with Crippen LogP contribution in [-0.2, 0) is 11.3 Å². The van der Waals surface area contributed by atoms with E-state index in [1.165, 1.54) is 10.8 Å². The summed E-state index contributed by atoms with van der Waals surface area (Å²) in [4.78, 5) is 25.8. The molecule has 0 unspecified atom stereocenters. The van der Waals surface area contributed by atoms with Gasteiger partial charge in [-0.3, -0.25) is 14.3 Å². The van der Waals surface area contributed by atoms with Gasteiger partial charge in [-0.15, -0.1) is 0 Å². The molecule has 1 aliphatic rings. The van der Waals surface area contributed by atoms with E-state index in [0.717, 1.165) is 5.56 Å². The Kier molecular flexibility index (Phi) is 5.39. The Labute approximate surface area is 149 Å². The number of aromatic nitrogens is 2. The van der Waals surface area contributed by atoms with Crippen molar-refractivity contribution in [1.82, 2.24) is 14.9 Å². The van der Waals surface area contributed by atoms with Gasteiger partial charge in [-0.25, -0.2) is 4.79 Å². The minimum Gasteiger partial charge on any atom is -0.394 e. The smallest absolute Gasteiger partial charge is 0.330 e. The van der Waals surface area contributed by atoms with Crippen LogP contribution < -0.4 is 16.6 Å². The lowest BCUT2D eigenvalue weighted by molar-refractivity contribution is -0.0292. The largest absolute Gasteiger partial charge is 0.394 e. The number of hydrogen-bond acceptors (Lipinski definition) is 5. The number of halogens is 1. The summed E-state index contributed by atoms with van der Waals surface area (Å²) in [5.41, 5.74) is 0.564. The number of nitrogens with one attached hydrogen (secondary N) is 2. The average Bonchev–Trinajstić information content (AvgIpc) is 3.00. The molecule has 3 rings (SSSR count). The predicted octanol–water partition coefficient (Wildman–Crippen LogP) is 0.937. The maximum Gasteiger partial charge on any atom is 0.330 e. The van der Waals surface area contributed by atoms with E-state index in [9.17, 15) is 14.7 Å². The van der Waals surface area contributed by atoms with E-state index in [1.54, 1.807) is 6.92 Å². The summed E-state index contributed by atoms with van der Waals surface area (Å²) in [6.45, 7) is 2.06. The minimum atomic E-state index is -0.539. The molecule has 134 valence electrons. The zero-order valence-corrected chi connectivity index (χ0v) is 14.5. The standard InChI is InChI=1S/C17H20ClN3O4/c1-10-8-21(17(24)20-16(10)23)15-6-13(14(9-22)25-15)19-7-11-2-4-12(18)5-3-11/h2-5,8,13-15,19,22H,6-7,9H2,1H3,(H,20,23,24)/t13-,14+,15+/m0/s1. The number of aliphatic hydroxyl groups excluding tert-OH is 1. The third kappa shape index (κ3) is 4.01. The number of H-pyrrole nitrogens is 1. The molecule has 8 heteroatoms. The maximum absolute atomic E-state index is 12.0. The molecule has 1 aromatic heterocycles. The highest BCUT2D eigenvalue weighted by atomic mass is 35.5. The van der Waals surface area contributed by atoms with Crippen LogP contribution in [0, 0.1) is 6.92 Å². The fraction of sp³-hybridized carbons (Fsp3) is 0.412. The number of aryl methyl sites for hydroxylation is 1. The molecule has 0 bridgehead atoms. The Hall–Kier alpha value is -1.93. The van der Waals surface area contributed by atoms with E-state index < -0.39 is 23.6 Å². The Morgan fingerprint density at radius 3 is 2.76 bits per heavy atom. The van der Waals surface area contributed by atoms with Gasteiger partial charge in [-0.1, -0.05) is 23.7 Å². The minimum absolute atomic E-state index is 0.121. The normalized spacial score (nSPS) is 23.1. The van der Waals surface area contributed by atoms with E-state index in [1.807, 2.05) is 24.3 Å². The van der Waals surface area contributed by atoms with Crippen LogP contribution in [0.5, 0.6) is 0 Å². The van der Waals surface area contributed by atoms with Crippen LogP contribution in [0.1, 0.15) is 23.8 Å². The van der Waals surface area contributed by atoms with Gasteiger partial charge in [0.25, 0.3) is 5.56 Å². The van der Waals surface area contributed by atoms with Crippen LogP contribution in [0.3, 0.4) is 0 Å². The number of aromatic amines is 1. The van der Waals surface area contributed by atoms with Gasteiger partial charge in [0.1, 0.15) is 6.23 Å². The summed E-state index contributed by atoms with van der Waals surface area (Å²) >= 11 is 5.88. The molecular weight excluding hydrogens is 346 g/mol. The highest BCUT2D eigenvalue weighted by Crippen LogP contribution is 2.27. The Morgan fingerprint density at radius 1 is 1.36 bits per heavy atom. The van der Waals surface area contributed by atoms with Crippen molar-refractivity contribution in [3.63, 3.8) is 0 Å². The number of rotatable bonds is 5. The third-order valence-corrected chi connectivity index (χ3v) is 4.61. The summed E-state index contributed by atoms with van der Waals surface area (Å²) in [5, 5.41) is 13.6. The van der Waals surface area contributed by atoms with Crippen molar-refractivity contribution >= 4 is 11.6 Å². The summed E-state index contributed by atoms with van der Waals surface area (Å²) in [6, 6.07) is 7.36. The highest BCUT2D eigenvalue weighted by molar-refractivity contribution is 6.30. The number of nitrogens with zero attached hydrogens (tertiary/aromatic N) is 1. The molecule has 7 nitrogen and oxygen atoms in total. The Morgan fingerprint density at radius 2 is 2.08 bits per heavy atom. The van der Waals surface area contributed by atoms with Crippen LogP contribution >= 0.6 is 11.6 Å². The van der Waals surface area contributed by atoms with Crippen LogP contribution in [0.15, 0.2) is 40.1 Å². The summed E-state index contributed by atoms with van der Waals surface area (Å²) in [6.07, 6.45) is 1.02. The molecule has 0 spiro atoms. The van der Waals surface area contributed by atoms with Crippen molar-refractivity contribution in [2.24, 2.45) is 0 Å². The van der Waals surface area contributed by atoms with Gasteiger partial charge in [0, 0.05) is 35.8 Å². The fourth-order valence-electron chi connectivity index (χ4n) is 2.94. The molecule has 1 saturated heterocycles. The highest BCUT2D eigenvalue weighted by Gasteiger charge is 2.36. The Balaban J connectivity index is 1.72. The number of hydrogen-bond donors (Lipinski definition) is 3. The molecule has 0 aliphatic carbocycles. The quantitative estimate of drug-likeness (QED) is 0.732. The van der Waals surface area contributed by atoms with Gasteiger partial charge in [0.05, 0.1) is 12.7 Å². The summed E-state index contributed by atoms with van der Waals surface area (Å²) in [5.74, 6) is 0. The first-order valence-corrected chi connectivity index (χ1v) is 8.42. The van der Waals surface area contributed by atoms with Crippen LogP contribution in [0.2, 0.25) is 5.02 Å². The second-order valence-corrected chi connectivity index (χ2v) is 6.58. The van der Waals surface area contributed by atoms with E-state index >= 15 is 0 Å². The molecule has 1 fully saturated rings.